The largest absolute Gasteiger partial charge is 0.389 e. The molecule has 1 aliphatic rings. The maximum Gasteiger partial charge on any atom is 0.105 e. The molecule has 0 saturated carbocycles. The summed E-state index contributed by atoms with van der Waals surface area (Å²) in [6.07, 6.45) is 3.26. The molecule has 0 bridgehead atoms. The highest BCUT2D eigenvalue weighted by Gasteiger charge is 2.21. The first kappa shape index (κ1) is 11.6. The molecule has 0 amide bonds. The molecule has 2 nitrogen and oxygen atoms in total. The first-order valence-electron chi connectivity index (χ1n) is 6.31. The first-order valence-corrected chi connectivity index (χ1v) is 6.72. The standard InChI is InChI=1S/C15H16N2S/c1-8-6-7-11-13(15(16)18)10-4-3-5-12(10)17-14(11)9(8)2/h6-7H,3-5H2,1-2H3,(H2,16,18). The number of benzene rings is 1. The van der Waals surface area contributed by atoms with Gasteiger partial charge in [0.05, 0.1) is 5.52 Å². The lowest BCUT2D eigenvalue weighted by Crippen LogP contribution is -2.14. The zero-order valence-electron chi connectivity index (χ0n) is 10.7. The summed E-state index contributed by atoms with van der Waals surface area (Å²) in [5.74, 6) is 0. The Kier molecular flexibility index (Phi) is 2.59. The lowest BCUT2D eigenvalue weighted by Gasteiger charge is -2.13. The van der Waals surface area contributed by atoms with Crippen LogP contribution in [0.3, 0.4) is 0 Å². The maximum atomic E-state index is 5.94. The molecule has 3 rings (SSSR count). The van der Waals surface area contributed by atoms with Crippen LogP contribution in [-0.4, -0.2) is 9.97 Å². The van der Waals surface area contributed by atoms with Crippen molar-refractivity contribution in [2.45, 2.75) is 33.1 Å². The molecule has 1 aromatic heterocycles. The minimum absolute atomic E-state index is 0.504. The Balaban J connectivity index is 2.49. The Morgan fingerprint density at radius 2 is 2.06 bits per heavy atom. The molecular weight excluding hydrogens is 240 g/mol. The molecule has 1 aliphatic carbocycles. The van der Waals surface area contributed by atoms with Gasteiger partial charge in [-0.05, 0) is 49.8 Å². The van der Waals surface area contributed by atoms with Gasteiger partial charge in [0, 0.05) is 16.6 Å². The number of nitrogens with zero attached hydrogens (tertiary/aromatic N) is 1. The van der Waals surface area contributed by atoms with Crippen LogP contribution in [0, 0.1) is 13.8 Å². The molecule has 0 fully saturated rings. The van der Waals surface area contributed by atoms with Gasteiger partial charge in [0.15, 0.2) is 0 Å². The van der Waals surface area contributed by atoms with E-state index in [4.69, 9.17) is 22.9 Å². The SMILES string of the molecule is Cc1ccc2c(C(N)=S)c3c(nc2c1C)CCC3. The van der Waals surface area contributed by atoms with Crippen molar-refractivity contribution in [3.8, 4) is 0 Å². The van der Waals surface area contributed by atoms with Gasteiger partial charge in [0.1, 0.15) is 4.99 Å². The fraction of sp³-hybridized carbons (Fsp3) is 0.333. The van der Waals surface area contributed by atoms with Crippen LogP contribution in [0.2, 0.25) is 0 Å². The summed E-state index contributed by atoms with van der Waals surface area (Å²) in [5.41, 5.74) is 13.0. The summed E-state index contributed by atoms with van der Waals surface area (Å²) in [6, 6.07) is 4.24. The second-order valence-corrected chi connectivity index (χ2v) is 5.47. The van der Waals surface area contributed by atoms with E-state index >= 15 is 0 Å². The third-order valence-corrected chi connectivity index (χ3v) is 4.16. The Morgan fingerprint density at radius 3 is 2.78 bits per heavy atom. The monoisotopic (exact) mass is 256 g/mol. The van der Waals surface area contributed by atoms with Crippen LogP contribution in [0.1, 0.15) is 34.4 Å². The highest BCUT2D eigenvalue weighted by atomic mass is 32.1. The van der Waals surface area contributed by atoms with Crippen molar-refractivity contribution in [2.24, 2.45) is 5.73 Å². The number of aryl methyl sites for hydroxylation is 3. The van der Waals surface area contributed by atoms with Gasteiger partial charge in [-0.2, -0.15) is 0 Å². The molecule has 0 aliphatic heterocycles. The van der Waals surface area contributed by atoms with Crippen LogP contribution in [-0.2, 0) is 12.8 Å². The van der Waals surface area contributed by atoms with Gasteiger partial charge in [-0.15, -0.1) is 0 Å². The quantitative estimate of drug-likeness (QED) is 0.797. The van der Waals surface area contributed by atoms with Crippen LogP contribution < -0.4 is 5.73 Å². The fourth-order valence-corrected chi connectivity index (χ4v) is 3.08. The molecule has 0 radical (unpaired) electrons. The Morgan fingerprint density at radius 1 is 1.28 bits per heavy atom. The lowest BCUT2D eigenvalue weighted by atomic mass is 9.97. The smallest absolute Gasteiger partial charge is 0.105 e. The molecule has 2 aromatic rings. The van der Waals surface area contributed by atoms with Crippen molar-refractivity contribution in [2.75, 3.05) is 0 Å². The van der Waals surface area contributed by atoms with Gasteiger partial charge in [-0.25, -0.2) is 0 Å². The number of fused-ring (bicyclic) bond motifs is 2. The molecule has 3 heteroatoms. The summed E-state index contributed by atoms with van der Waals surface area (Å²) < 4.78 is 0. The number of hydrogen-bond donors (Lipinski definition) is 1. The second-order valence-electron chi connectivity index (χ2n) is 5.03. The molecule has 0 unspecified atom stereocenters. The number of pyridine rings is 1. The van der Waals surface area contributed by atoms with Crippen LogP contribution >= 0.6 is 12.2 Å². The summed E-state index contributed by atoms with van der Waals surface area (Å²) in [4.78, 5) is 5.35. The number of rotatable bonds is 1. The second kappa shape index (κ2) is 4.02. The number of nitrogens with two attached hydrogens (primary N) is 1. The average molecular weight is 256 g/mol. The van der Waals surface area contributed by atoms with E-state index in [0.717, 1.165) is 35.7 Å². The molecule has 1 aromatic carbocycles. The highest BCUT2D eigenvalue weighted by molar-refractivity contribution is 7.80. The number of thiocarbonyl (C=S) groups is 1. The Labute approximate surface area is 112 Å². The van der Waals surface area contributed by atoms with Crippen molar-refractivity contribution in [1.82, 2.24) is 4.98 Å². The van der Waals surface area contributed by atoms with E-state index in [2.05, 4.69) is 26.0 Å². The molecule has 92 valence electrons. The normalized spacial score (nSPS) is 13.9. The lowest BCUT2D eigenvalue weighted by molar-refractivity contribution is 0.901. The molecule has 18 heavy (non-hydrogen) atoms. The van der Waals surface area contributed by atoms with Crippen LogP contribution in [0.4, 0.5) is 0 Å². The van der Waals surface area contributed by atoms with Crippen molar-refractivity contribution >= 4 is 28.1 Å². The van der Waals surface area contributed by atoms with Gasteiger partial charge in [-0.3, -0.25) is 4.98 Å². The third-order valence-electron chi connectivity index (χ3n) is 3.95. The topological polar surface area (TPSA) is 38.9 Å². The zero-order valence-corrected chi connectivity index (χ0v) is 11.5. The molecule has 0 atom stereocenters. The summed E-state index contributed by atoms with van der Waals surface area (Å²) in [7, 11) is 0. The molecule has 0 saturated heterocycles. The van der Waals surface area contributed by atoms with E-state index in [1.807, 2.05) is 0 Å². The summed E-state index contributed by atoms with van der Waals surface area (Å²) in [5, 5.41) is 1.12. The predicted octanol–water partition coefficient (Wildman–Crippen LogP) is 2.97. The van der Waals surface area contributed by atoms with Gasteiger partial charge in [0.25, 0.3) is 0 Å². The summed E-state index contributed by atoms with van der Waals surface area (Å²) >= 11 is 5.26. The van der Waals surface area contributed by atoms with E-state index in [1.54, 1.807) is 0 Å². The van der Waals surface area contributed by atoms with Crippen molar-refractivity contribution in [1.29, 1.82) is 0 Å². The predicted molar refractivity (Wildman–Crippen MR) is 79.1 cm³/mol. The van der Waals surface area contributed by atoms with Crippen molar-refractivity contribution < 1.29 is 0 Å². The van der Waals surface area contributed by atoms with E-state index < -0.39 is 0 Å². The van der Waals surface area contributed by atoms with Crippen LogP contribution in [0.15, 0.2) is 12.1 Å². The van der Waals surface area contributed by atoms with Gasteiger partial charge < -0.3 is 5.73 Å². The van der Waals surface area contributed by atoms with Gasteiger partial charge in [0.2, 0.25) is 0 Å². The van der Waals surface area contributed by atoms with Gasteiger partial charge in [-0.1, -0.05) is 24.4 Å². The van der Waals surface area contributed by atoms with Gasteiger partial charge >= 0.3 is 0 Å². The molecule has 1 heterocycles. The van der Waals surface area contributed by atoms with Crippen LogP contribution in [0.5, 0.6) is 0 Å². The zero-order chi connectivity index (χ0) is 12.9. The minimum atomic E-state index is 0.504. The fourth-order valence-electron chi connectivity index (χ4n) is 2.85. The van der Waals surface area contributed by atoms with E-state index in [1.165, 1.54) is 22.4 Å². The minimum Gasteiger partial charge on any atom is -0.389 e. The third kappa shape index (κ3) is 1.54. The molecule has 0 spiro atoms. The van der Waals surface area contributed by atoms with E-state index in [0.29, 0.717) is 4.99 Å². The number of aromatic nitrogens is 1. The number of hydrogen-bond acceptors (Lipinski definition) is 2. The van der Waals surface area contributed by atoms with Crippen molar-refractivity contribution in [3.63, 3.8) is 0 Å². The Bertz CT molecular complexity index is 674. The average Bonchev–Trinajstić information content (AvgIpc) is 2.79. The van der Waals surface area contributed by atoms with Crippen LogP contribution in [0.25, 0.3) is 10.9 Å². The first-order chi connectivity index (χ1) is 8.59. The van der Waals surface area contributed by atoms with E-state index in [9.17, 15) is 0 Å². The molecular formula is C15H16N2S. The molecule has 2 N–H and O–H groups in total. The highest BCUT2D eigenvalue weighted by Crippen LogP contribution is 2.32. The van der Waals surface area contributed by atoms with E-state index in [-0.39, 0.29) is 0 Å². The summed E-state index contributed by atoms with van der Waals surface area (Å²) in [6.45, 7) is 4.24. The Hall–Kier alpha value is -1.48. The van der Waals surface area contributed by atoms with Crippen molar-refractivity contribution in [3.05, 3.63) is 40.1 Å². The maximum absolute atomic E-state index is 5.94.